The minimum absolute atomic E-state index is 0.203. The summed E-state index contributed by atoms with van der Waals surface area (Å²) in [4.78, 5) is 42.4. The topological polar surface area (TPSA) is 119 Å². The van der Waals surface area contributed by atoms with Gasteiger partial charge in [-0.2, -0.15) is 0 Å². The quantitative estimate of drug-likeness (QED) is 0.0365. The van der Waals surface area contributed by atoms with E-state index in [0.29, 0.717) is 12.8 Å². The fraction of sp³-hybridized carbons (Fsp3) is 0.706. The van der Waals surface area contributed by atoms with Crippen LogP contribution >= 0.6 is 7.82 Å². The Morgan fingerprint density at radius 2 is 1.09 bits per heavy atom. The third kappa shape index (κ3) is 32.8. The molecule has 8 nitrogen and oxygen atoms in total. The highest BCUT2D eigenvalue weighted by Crippen LogP contribution is 2.35. The Morgan fingerprint density at radius 1 is 0.605 bits per heavy atom. The van der Waals surface area contributed by atoms with E-state index >= 15 is 0 Å². The maximum Gasteiger partial charge on any atom is 0.469 e. The number of phosphoric ester groups is 1. The highest BCUT2D eigenvalue weighted by atomic mass is 31.2. The van der Waals surface area contributed by atoms with E-state index in [1.807, 2.05) is 0 Å². The fourth-order valence-corrected chi connectivity index (χ4v) is 4.49. The highest BCUT2D eigenvalue weighted by Gasteiger charge is 2.22. The Morgan fingerprint density at radius 3 is 1.65 bits per heavy atom. The molecule has 1 atom stereocenters. The van der Waals surface area contributed by atoms with Crippen LogP contribution in [-0.2, 0) is 28.2 Å². The monoisotopic (exact) mass is 626 g/mol. The molecule has 2 N–H and O–H groups in total. The molecule has 43 heavy (non-hydrogen) atoms. The molecule has 0 bridgehead atoms. The maximum atomic E-state index is 12.2. The van der Waals surface area contributed by atoms with E-state index in [1.165, 1.54) is 32.1 Å². The van der Waals surface area contributed by atoms with Gasteiger partial charge in [-0.1, -0.05) is 120 Å². The Hall–Kier alpha value is -1.99. The van der Waals surface area contributed by atoms with E-state index < -0.39 is 32.5 Å². The van der Waals surface area contributed by atoms with Crippen molar-refractivity contribution < 1.29 is 37.9 Å². The molecular weight excluding hydrogens is 567 g/mol. The van der Waals surface area contributed by atoms with Crippen LogP contribution in [-0.4, -0.2) is 41.0 Å². The Labute approximate surface area is 261 Å². The summed E-state index contributed by atoms with van der Waals surface area (Å²) >= 11 is 0. The third-order valence-electron chi connectivity index (χ3n) is 6.58. The summed E-state index contributed by atoms with van der Waals surface area (Å²) < 4.78 is 26.1. The highest BCUT2D eigenvalue weighted by molar-refractivity contribution is 7.46. The molecule has 0 amide bonds. The number of hydrogen-bond donors (Lipinski definition) is 2. The van der Waals surface area contributed by atoms with Crippen molar-refractivity contribution in [3.8, 4) is 0 Å². The number of phosphoric acid groups is 1. The first-order chi connectivity index (χ1) is 20.8. The predicted octanol–water partition coefficient (Wildman–Crippen LogP) is 9.23. The smallest absolute Gasteiger partial charge is 0.462 e. The molecule has 248 valence electrons. The molecule has 0 aromatic rings. The second kappa shape index (κ2) is 30.1. The van der Waals surface area contributed by atoms with Crippen LogP contribution in [0.15, 0.2) is 48.6 Å². The zero-order chi connectivity index (χ0) is 31.9. The van der Waals surface area contributed by atoms with Crippen molar-refractivity contribution in [3.63, 3.8) is 0 Å². The van der Waals surface area contributed by atoms with Gasteiger partial charge in [0.25, 0.3) is 0 Å². The number of esters is 2. The van der Waals surface area contributed by atoms with Crippen molar-refractivity contribution in [2.75, 3.05) is 13.2 Å². The zero-order valence-electron chi connectivity index (χ0n) is 26.8. The van der Waals surface area contributed by atoms with Crippen LogP contribution in [0.3, 0.4) is 0 Å². The predicted molar refractivity (Wildman–Crippen MR) is 174 cm³/mol. The summed E-state index contributed by atoms with van der Waals surface area (Å²) in [6.07, 6.45) is 34.2. The van der Waals surface area contributed by atoms with Crippen LogP contribution in [0.4, 0.5) is 0 Å². The molecule has 0 radical (unpaired) electrons. The first-order valence-electron chi connectivity index (χ1n) is 16.4. The van der Waals surface area contributed by atoms with E-state index in [-0.39, 0.29) is 19.4 Å². The van der Waals surface area contributed by atoms with Crippen molar-refractivity contribution in [2.24, 2.45) is 0 Å². The van der Waals surface area contributed by atoms with Gasteiger partial charge in [-0.15, -0.1) is 0 Å². The van der Waals surface area contributed by atoms with Gasteiger partial charge in [-0.3, -0.25) is 14.1 Å². The van der Waals surface area contributed by atoms with Crippen molar-refractivity contribution in [1.29, 1.82) is 0 Å². The SMILES string of the molecule is CCC/C=C/C/C=C/C/C=C/C/C=C/CCCCCC(=O)OC[C@H](COP(=O)(O)O)OC(=O)CCCCCCCCCC. The lowest BCUT2D eigenvalue weighted by Crippen LogP contribution is -2.29. The van der Waals surface area contributed by atoms with Gasteiger partial charge in [0.2, 0.25) is 0 Å². The molecule has 0 saturated carbocycles. The average molecular weight is 627 g/mol. The Bertz CT molecular complexity index is 843. The van der Waals surface area contributed by atoms with Crippen LogP contribution in [0.25, 0.3) is 0 Å². The number of hydrogen-bond acceptors (Lipinski definition) is 6. The lowest BCUT2D eigenvalue weighted by atomic mass is 10.1. The molecule has 0 fully saturated rings. The number of allylic oxidation sites excluding steroid dienone is 8. The maximum absolute atomic E-state index is 12.2. The second-order valence-electron chi connectivity index (χ2n) is 10.8. The minimum Gasteiger partial charge on any atom is -0.462 e. The Balaban J connectivity index is 4.06. The van der Waals surface area contributed by atoms with Gasteiger partial charge in [-0.05, 0) is 51.4 Å². The molecule has 0 unspecified atom stereocenters. The van der Waals surface area contributed by atoms with E-state index in [9.17, 15) is 14.2 Å². The van der Waals surface area contributed by atoms with E-state index in [1.54, 1.807) is 0 Å². The molecule has 0 aromatic carbocycles. The fourth-order valence-electron chi connectivity index (χ4n) is 4.13. The molecule has 0 rings (SSSR count). The van der Waals surface area contributed by atoms with Crippen LogP contribution < -0.4 is 0 Å². The minimum atomic E-state index is -4.75. The largest absolute Gasteiger partial charge is 0.469 e. The van der Waals surface area contributed by atoms with E-state index in [2.05, 4.69) is 67.0 Å². The molecule has 0 aromatic heterocycles. The van der Waals surface area contributed by atoms with Crippen molar-refractivity contribution in [3.05, 3.63) is 48.6 Å². The molecule has 9 heteroatoms. The molecule has 0 saturated heterocycles. The number of carbonyl (C=O) groups excluding carboxylic acids is 2. The summed E-state index contributed by atoms with van der Waals surface area (Å²) in [5, 5.41) is 0. The molecule has 0 spiro atoms. The van der Waals surface area contributed by atoms with Gasteiger partial charge in [0, 0.05) is 12.8 Å². The van der Waals surface area contributed by atoms with Crippen molar-refractivity contribution >= 4 is 19.8 Å². The first kappa shape index (κ1) is 41.0. The lowest BCUT2D eigenvalue weighted by molar-refractivity contribution is -0.161. The summed E-state index contributed by atoms with van der Waals surface area (Å²) in [7, 11) is -4.75. The summed E-state index contributed by atoms with van der Waals surface area (Å²) in [5.41, 5.74) is 0. The summed E-state index contributed by atoms with van der Waals surface area (Å²) in [5.74, 6) is -0.931. The number of carbonyl (C=O) groups is 2. The Kier molecular flexibility index (Phi) is 28.7. The van der Waals surface area contributed by atoms with Crippen LogP contribution in [0.1, 0.15) is 136 Å². The van der Waals surface area contributed by atoms with Crippen molar-refractivity contribution in [2.45, 2.75) is 142 Å². The van der Waals surface area contributed by atoms with Crippen molar-refractivity contribution in [1.82, 2.24) is 0 Å². The third-order valence-corrected chi connectivity index (χ3v) is 7.07. The van der Waals surface area contributed by atoms with Crippen LogP contribution in [0.5, 0.6) is 0 Å². The molecule has 0 aliphatic rings. The average Bonchev–Trinajstić information content (AvgIpc) is 2.97. The van der Waals surface area contributed by atoms with Gasteiger partial charge >= 0.3 is 19.8 Å². The lowest BCUT2D eigenvalue weighted by Gasteiger charge is -2.18. The number of ether oxygens (including phenoxy) is 2. The van der Waals surface area contributed by atoms with Crippen LogP contribution in [0.2, 0.25) is 0 Å². The van der Waals surface area contributed by atoms with Gasteiger partial charge in [0.05, 0.1) is 6.61 Å². The van der Waals surface area contributed by atoms with Gasteiger partial charge in [0.15, 0.2) is 6.10 Å². The van der Waals surface area contributed by atoms with Gasteiger partial charge in [-0.25, -0.2) is 4.57 Å². The van der Waals surface area contributed by atoms with Gasteiger partial charge < -0.3 is 19.3 Å². The van der Waals surface area contributed by atoms with E-state index in [0.717, 1.165) is 64.2 Å². The second-order valence-corrected chi connectivity index (χ2v) is 12.0. The number of unbranched alkanes of at least 4 members (excludes halogenated alkanes) is 11. The summed E-state index contributed by atoms with van der Waals surface area (Å²) in [6.45, 7) is 3.51. The molecular formula is C34H59O8P. The zero-order valence-corrected chi connectivity index (χ0v) is 27.7. The van der Waals surface area contributed by atoms with Gasteiger partial charge in [0.1, 0.15) is 6.61 Å². The first-order valence-corrected chi connectivity index (χ1v) is 18.0. The molecule has 0 aliphatic heterocycles. The standard InChI is InChI=1S/C34H59O8P/c1-3-5-7-9-11-13-14-15-16-17-18-19-20-21-23-24-26-28-33(35)40-30-32(31-41-43(37,38)39)42-34(36)29-27-25-22-12-10-8-6-4-2/h7,9,13-14,16-17,19-20,32H,3-6,8,10-12,15,18,21-31H2,1-2H3,(H2,37,38,39)/b9-7+,14-13+,17-16+,20-19+/t32-/m1/s1. The van der Waals surface area contributed by atoms with E-state index in [4.69, 9.17) is 19.3 Å². The normalized spacial score (nSPS) is 13.1. The summed E-state index contributed by atoms with van der Waals surface area (Å²) in [6, 6.07) is 0. The molecule has 0 heterocycles. The molecule has 0 aliphatic carbocycles. The van der Waals surface area contributed by atoms with Crippen LogP contribution in [0, 0.1) is 0 Å². The number of rotatable bonds is 29.